The molecule has 5 rings (SSSR count). The van der Waals surface area contributed by atoms with E-state index >= 15 is 0 Å². The summed E-state index contributed by atoms with van der Waals surface area (Å²) < 4.78 is 0. The molecule has 0 radical (unpaired) electrons. The summed E-state index contributed by atoms with van der Waals surface area (Å²) in [5, 5.41) is 9.48. The maximum absolute atomic E-state index is 14.0. The van der Waals surface area contributed by atoms with Crippen LogP contribution in [0.4, 0.5) is 0 Å². The van der Waals surface area contributed by atoms with Crippen LogP contribution < -0.4 is 5.73 Å². The van der Waals surface area contributed by atoms with Gasteiger partial charge in [0.1, 0.15) is 0 Å². The first-order chi connectivity index (χ1) is 16.6. The Morgan fingerprint density at radius 3 is 1.82 bits per heavy atom. The van der Waals surface area contributed by atoms with E-state index in [4.69, 9.17) is 10.7 Å². The van der Waals surface area contributed by atoms with Gasteiger partial charge < -0.3 is 10.8 Å². The Morgan fingerprint density at radius 2 is 1.26 bits per heavy atom. The highest BCUT2D eigenvalue weighted by molar-refractivity contribution is 6.09. The zero-order valence-corrected chi connectivity index (χ0v) is 18.6. The molecule has 1 aliphatic rings. The van der Waals surface area contributed by atoms with Gasteiger partial charge in [-0.2, -0.15) is 0 Å². The normalized spacial score (nSPS) is 14.8. The first-order valence-corrected chi connectivity index (χ1v) is 11.2. The lowest BCUT2D eigenvalue weighted by atomic mass is 9.83. The quantitative estimate of drug-likeness (QED) is 0.458. The average Bonchev–Trinajstić information content (AvgIpc) is 3.15. The van der Waals surface area contributed by atoms with Crippen LogP contribution in [0.2, 0.25) is 0 Å². The number of carbonyl (C=O) groups excluding carboxylic acids is 1. The molecule has 4 aromatic carbocycles. The molecule has 0 unspecified atom stereocenters. The van der Waals surface area contributed by atoms with Gasteiger partial charge in [0.25, 0.3) is 5.91 Å². The fourth-order valence-electron chi connectivity index (χ4n) is 4.51. The number of guanidine groups is 1. The molecule has 0 spiro atoms. The maximum Gasteiger partial charge on any atom is 0.266 e. The minimum Gasteiger partial charge on any atom is -0.392 e. The molecule has 0 atom stereocenters. The predicted molar refractivity (Wildman–Crippen MR) is 134 cm³/mol. The zero-order chi connectivity index (χ0) is 23.5. The van der Waals surface area contributed by atoms with E-state index in [2.05, 4.69) is 0 Å². The molecule has 34 heavy (non-hydrogen) atoms. The van der Waals surface area contributed by atoms with Gasteiger partial charge in [0, 0.05) is 0 Å². The highest BCUT2D eigenvalue weighted by Gasteiger charge is 2.50. The standard InChI is InChI=1S/C29H25N3O2/c30-28-31-29(25-13-3-1-4-14-25,26-15-5-2-6-16-26)27(34)32(28)19-21-9-7-11-23(17-21)24-12-8-10-22(18-24)20-33/h1-18,33H,19-20H2,(H2,30,31). The molecule has 0 fully saturated rings. The number of aliphatic imine (C=N–C) groups is 1. The van der Waals surface area contributed by atoms with Crippen LogP contribution in [-0.4, -0.2) is 21.9 Å². The number of aliphatic hydroxyl groups excluding tert-OH is 1. The monoisotopic (exact) mass is 447 g/mol. The van der Waals surface area contributed by atoms with Crippen molar-refractivity contribution in [2.75, 3.05) is 0 Å². The highest BCUT2D eigenvalue weighted by Crippen LogP contribution is 2.40. The van der Waals surface area contributed by atoms with Crippen molar-refractivity contribution in [2.45, 2.75) is 18.7 Å². The van der Waals surface area contributed by atoms with Gasteiger partial charge in [-0.05, 0) is 45.5 Å². The van der Waals surface area contributed by atoms with Crippen LogP contribution in [-0.2, 0) is 23.5 Å². The van der Waals surface area contributed by atoms with E-state index in [1.54, 1.807) is 4.90 Å². The summed E-state index contributed by atoms with van der Waals surface area (Å²) in [6, 6.07) is 34.9. The van der Waals surface area contributed by atoms with Gasteiger partial charge in [-0.15, -0.1) is 0 Å². The average molecular weight is 448 g/mol. The smallest absolute Gasteiger partial charge is 0.266 e. The van der Waals surface area contributed by atoms with Crippen molar-refractivity contribution in [1.82, 2.24) is 4.90 Å². The van der Waals surface area contributed by atoms with E-state index in [9.17, 15) is 9.90 Å². The molecule has 1 aliphatic heterocycles. The predicted octanol–water partition coefficient (Wildman–Crippen LogP) is 4.45. The molecule has 1 heterocycles. The van der Waals surface area contributed by atoms with Gasteiger partial charge in [-0.1, -0.05) is 97.1 Å². The Morgan fingerprint density at radius 1 is 0.735 bits per heavy atom. The number of benzene rings is 4. The van der Waals surface area contributed by atoms with Crippen molar-refractivity contribution in [3.05, 3.63) is 131 Å². The number of nitrogens with two attached hydrogens (primary N) is 1. The number of hydrogen-bond acceptors (Lipinski definition) is 4. The van der Waals surface area contributed by atoms with E-state index in [1.165, 1.54) is 0 Å². The van der Waals surface area contributed by atoms with E-state index in [0.717, 1.165) is 33.4 Å². The molecular formula is C29H25N3O2. The summed E-state index contributed by atoms with van der Waals surface area (Å²) in [7, 11) is 0. The third-order valence-corrected chi connectivity index (χ3v) is 6.21. The van der Waals surface area contributed by atoms with Gasteiger partial charge in [0.15, 0.2) is 11.5 Å². The minimum atomic E-state index is -1.21. The molecule has 0 saturated heterocycles. The summed E-state index contributed by atoms with van der Waals surface area (Å²) in [6.07, 6.45) is 0. The van der Waals surface area contributed by atoms with Crippen LogP contribution in [0.25, 0.3) is 11.1 Å². The number of carbonyl (C=O) groups is 1. The molecule has 0 saturated carbocycles. The lowest BCUT2D eigenvalue weighted by Crippen LogP contribution is -2.43. The third kappa shape index (κ3) is 3.76. The molecule has 0 aromatic heterocycles. The number of hydrogen-bond donors (Lipinski definition) is 2. The lowest BCUT2D eigenvalue weighted by molar-refractivity contribution is -0.130. The third-order valence-electron chi connectivity index (χ3n) is 6.21. The fourth-order valence-corrected chi connectivity index (χ4v) is 4.51. The van der Waals surface area contributed by atoms with Gasteiger partial charge in [-0.3, -0.25) is 9.69 Å². The molecule has 5 heteroatoms. The minimum absolute atomic E-state index is 0.0101. The second-order valence-corrected chi connectivity index (χ2v) is 8.36. The van der Waals surface area contributed by atoms with Gasteiger partial charge in [0.2, 0.25) is 0 Å². The number of rotatable bonds is 6. The Hall–Kier alpha value is -4.22. The van der Waals surface area contributed by atoms with Crippen molar-refractivity contribution in [2.24, 2.45) is 10.7 Å². The molecule has 168 valence electrons. The Kier molecular flexibility index (Phi) is 5.70. The Labute approximate surface area is 198 Å². The molecule has 4 aromatic rings. The van der Waals surface area contributed by atoms with Crippen molar-refractivity contribution >= 4 is 11.9 Å². The van der Waals surface area contributed by atoms with Gasteiger partial charge in [-0.25, -0.2) is 4.99 Å². The van der Waals surface area contributed by atoms with E-state index in [-0.39, 0.29) is 18.5 Å². The van der Waals surface area contributed by atoms with E-state index < -0.39 is 5.54 Å². The topological polar surface area (TPSA) is 78.9 Å². The summed E-state index contributed by atoms with van der Waals surface area (Å²) >= 11 is 0. The molecule has 0 aliphatic carbocycles. The largest absolute Gasteiger partial charge is 0.392 e. The van der Waals surface area contributed by atoms with Crippen LogP contribution in [0.1, 0.15) is 22.3 Å². The maximum atomic E-state index is 14.0. The van der Waals surface area contributed by atoms with Gasteiger partial charge in [0.05, 0.1) is 13.2 Å². The van der Waals surface area contributed by atoms with Crippen LogP contribution in [0.5, 0.6) is 0 Å². The Bertz CT molecular complexity index is 1310. The highest BCUT2D eigenvalue weighted by atomic mass is 16.3. The zero-order valence-electron chi connectivity index (χ0n) is 18.6. The molecular weight excluding hydrogens is 422 g/mol. The van der Waals surface area contributed by atoms with E-state index in [0.29, 0.717) is 6.54 Å². The molecule has 3 N–H and O–H groups in total. The van der Waals surface area contributed by atoms with Crippen molar-refractivity contribution in [3.63, 3.8) is 0 Å². The van der Waals surface area contributed by atoms with Crippen molar-refractivity contribution in [1.29, 1.82) is 0 Å². The first kappa shape index (κ1) is 21.6. The number of aliphatic hydroxyl groups is 1. The van der Waals surface area contributed by atoms with Crippen molar-refractivity contribution in [3.8, 4) is 11.1 Å². The van der Waals surface area contributed by atoms with Crippen LogP contribution >= 0.6 is 0 Å². The fraction of sp³-hybridized carbons (Fsp3) is 0.103. The van der Waals surface area contributed by atoms with Crippen molar-refractivity contribution < 1.29 is 9.90 Å². The second kappa shape index (κ2) is 8.96. The molecule has 1 amide bonds. The summed E-state index contributed by atoms with van der Waals surface area (Å²) in [6.45, 7) is 0.299. The summed E-state index contributed by atoms with van der Waals surface area (Å²) in [4.78, 5) is 20.3. The van der Waals surface area contributed by atoms with Crippen LogP contribution in [0.3, 0.4) is 0 Å². The van der Waals surface area contributed by atoms with E-state index in [1.807, 2.05) is 109 Å². The summed E-state index contributed by atoms with van der Waals surface area (Å²) in [5.41, 5.74) is 10.5. The lowest BCUT2D eigenvalue weighted by Gasteiger charge is -2.27. The number of nitrogens with zero attached hydrogens (tertiary/aromatic N) is 2. The van der Waals surface area contributed by atoms with Gasteiger partial charge >= 0.3 is 0 Å². The van der Waals surface area contributed by atoms with Crippen LogP contribution in [0, 0.1) is 0 Å². The summed E-state index contributed by atoms with van der Waals surface area (Å²) in [5.74, 6) is 0.0282. The SMILES string of the molecule is NC1=NC(c2ccccc2)(c2ccccc2)C(=O)N1Cc1cccc(-c2cccc(CO)c2)c1. The Balaban J connectivity index is 1.51. The molecule has 0 bridgehead atoms. The second-order valence-electron chi connectivity index (χ2n) is 8.36. The van der Waals surface area contributed by atoms with Crippen LogP contribution in [0.15, 0.2) is 114 Å². The number of amides is 1. The molecule has 5 nitrogen and oxygen atoms in total. The first-order valence-electron chi connectivity index (χ1n) is 11.2.